The monoisotopic (exact) mass is 284 g/mol. The van der Waals surface area contributed by atoms with Gasteiger partial charge in [0.1, 0.15) is 5.82 Å². The molecular formula is C14H17FO3S. The van der Waals surface area contributed by atoms with E-state index in [4.69, 9.17) is 9.84 Å². The molecule has 0 saturated heterocycles. The van der Waals surface area contributed by atoms with Crippen LogP contribution in [0.4, 0.5) is 4.39 Å². The van der Waals surface area contributed by atoms with Crippen LogP contribution in [0.5, 0.6) is 0 Å². The molecule has 2 rings (SSSR count). The quantitative estimate of drug-likeness (QED) is 0.644. The molecule has 0 radical (unpaired) electrons. The van der Waals surface area contributed by atoms with Crippen molar-refractivity contribution in [3.8, 4) is 0 Å². The number of rotatable bonds is 6. The second-order valence-electron chi connectivity index (χ2n) is 4.99. The van der Waals surface area contributed by atoms with E-state index in [0.29, 0.717) is 12.0 Å². The molecule has 3 nitrogen and oxygen atoms in total. The molecule has 1 aromatic carbocycles. The van der Waals surface area contributed by atoms with Crippen molar-refractivity contribution < 1.29 is 19.0 Å². The molecule has 0 bridgehead atoms. The second-order valence-corrected chi connectivity index (χ2v) is 6.04. The first-order valence-electron chi connectivity index (χ1n) is 6.17. The first-order valence-corrected chi connectivity index (χ1v) is 7.15. The summed E-state index contributed by atoms with van der Waals surface area (Å²) in [6.07, 6.45) is 2.45. The Balaban J connectivity index is 1.95. The van der Waals surface area contributed by atoms with Crippen LogP contribution in [0.15, 0.2) is 23.1 Å². The number of halogens is 1. The standard InChI is InChI=1S/C14H17FO3S/c1-18-13(17)7-14(2-3-14)9-19-12-5-10(8-16)4-11(15)6-12/h4-6,16H,2-3,7-9H2,1H3. The van der Waals surface area contributed by atoms with Crippen LogP contribution in [0.2, 0.25) is 0 Å². The number of aliphatic hydroxyl groups is 1. The van der Waals surface area contributed by atoms with Gasteiger partial charge in [0.25, 0.3) is 0 Å². The van der Waals surface area contributed by atoms with Crippen LogP contribution in [-0.4, -0.2) is 23.9 Å². The molecule has 0 aliphatic heterocycles. The number of thioether (sulfide) groups is 1. The number of hydrogen-bond donors (Lipinski definition) is 1. The van der Waals surface area contributed by atoms with E-state index in [0.717, 1.165) is 23.5 Å². The van der Waals surface area contributed by atoms with Crippen molar-refractivity contribution in [3.05, 3.63) is 29.6 Å². The number of hydrogen-bond acceptors (Lipinski definition) is 4. The predicted molar refractivity (Wildman–Crippen MR) is 71.3 cm³/mol. The number of aliphatic hydroxyl groups excluding tert-OH is 1. The Kier molecular flexibility index (Phi) is 4.47. The van der Waals surface area contributed by atoms with Gasteiger partial charge in [-0.2, -0.15) is 0 Å². The van der Waals surface area contributed by atoms with Crippen molar-refractivity contribution in [2.24, 2.45) is 5.41 Å². The van der Waals surface area contributed by atoms with E-state index in [1.54, 1.807) is 6.07 Å². The molecule has 104 valence electrons. The summed E-state index contributed by atoms with van der Waals surface area (Å²) in [5.41, 5.74) is 0.587. The maximum Gasteiger partial charge on any atom is 0.306 e. The first kappa shape index (κ1) is 14.3. The van der Waals surface area contributed by atoms with Crippen LogP contribution in [0, 0.1) is 11.2 Å². The average Bonchev–Trinajstić information content (AvgIpc) is 3.16. The van der Waals surface area contributed by atoms with Crippen molar-refractivity contribution in [3.63, 3.8) is 0 Å². The summed E-state index contributed by atoms with van der Waals surface area (Å²) >= 11 is 1.53. The fraction of sp³-hybridized carbons (Fsp3) is 0.500. The molecule has 1 aromatic rings. The molecule has 0 unspecified atom stereocenters. The molecule has 1 aliphatic rings. The number of methoxy groups -OCH3 is 1. The fourth-order valence-corrected chi connectivity index (χ4v) is 3.25. The average molecular weight is 284 g/mol. The van der Waals surface area contributed by atoms with E-state index in [1.165, 1.54) is 31.0 Å². The van der Waals surface area contributed by atoms with Crippen LogP contribution in [0.25, 0.3) is 0 Å². The lowest BCUT2D eigenvalue weighted by atomic mass is 10.1. The summed E-state index contributed by atoms with van der Waals surface area (Å²) in [6, 6.07) is 4.56. The highest BCUT2D eigenvalue weighted by Gasteiger charge is 2.44. The molecule has 1 aliphatic carbocycles. The Bertz CT molecular complexity index is 472. The van der Waals surface area contributed by atoms with Gasteiger partial charge < -0.3 is 9.84 Å². The van der Waals surface area contributed by atoms with E-state index >= 15 is 0 Å². The van der Waals surface area contributed by atoms with Gasteiger partial charge in [-0.05, 0) is 42.0 Å². The summed E-state index contributed by atoms with van der Waals surface area (Å²) < 4.78 is 18.0. The minimum Gasteiger partial charge on any atom is -0.469 e. The van der Waals surface area contributed by atoms with E-state index in [-0.39, 0.29) is 23.8 Å². The number of carbonyl (C=O) groups excluding carboxylic acids is 1. The highest BCUT2D eigenvalue weighted by molar-refractivity contribution is 7.99. The normalized spacial score (nSPS) is 16.2. The maximum atomic E-state index is 13.3. The zero-order valence-corrected chi connectivity index (χ0v) is 11.6. The molecule has 0 atom stereocenters. The Hall–Kier alpha value is -1.07. The number of benzene rings is 1. The van der Waals surface area contributed by atoms with Gasteiger partial charge in [0, 0.05) is 10.6 Å². The lowest BCUT2D eigenvalue weighted by Crippen LogP contribution is -2.13. The Morgan fingerprint density at radius 1 is 1.47 bits per heavy atom. The third-order valence-corrected chi connectivity index (χ3v) is 4.69. The minimum atomic E-state index is -0.341. The van der Waals surface area contributed by atoms with Gasteiger partial charge in [-0.3, -0.25) is 4.79 Å². The van der Waals surface area contributed by atoms with Crippen LogP contribution >= 0.6 is 11.8 Å². The van der Waals surface area contributed by atoms with Crippen LogP contribution in [-0.2, 0) is 16.1 Å². The second kappa shape index (κ2) is 5.92. The first-order chi connectivity index (χ1) is 9.07. The summed E-state index contributed by atoms with van der Waals surface area (Å²) in [6.45, 7) is -0.168. The largest absolute Gasteiger partial charge is 0.469 e. The third-order valence-electron chi connectivity index (χ3n) is 3.36. The van der Waals surface area contributed by atoms with E-state index in [1.807, 2.05) is 0 Å². The van der Waals surface area contributed by atoms with Gasteiger partial charge in [0.05, 0.1) is 20.1 Å². The van der Waals surface area contributed by atoms with E-state index in [2.05, 4.69) is 0 Å². The van der Waals surface area contributed by atoms with Gasteiger partial charge in [-0.25, -0.2) is 4.39 Å². The molecule has 19 heavy (non-hydrogen) atoms. The van der Waals surface area contributed by atoms with Crippen molar-refractivity contribution in [1.29, 1.82) is 0 Å². The summed E-state index contributed by atoms with van der Waals surface area (Å²) in [4.78, 5) is 12.1. The number of esters is 1. The fourth-order valence-electron chi connectivity index (χ4n) is 1.96. The van der Waals surface area contributed by atoms with Crippen LogP contribution in [0.1, 0.15) is 24.8 Å². The molecule has 5 heteroatoms. The van der Waals surface area contributed by atoms with Crippen molar-refractivity contribution in [2.45, 2.75) is 30.8 Å². The van der Waals surface area contributed by atoms with Crippen LogP contribution < -0.4 is 0 Å². The molecule has 0 amide bonds. The Labute approximate surface area is 116 Å². The topological polar surface area (TPSA) is 46.5 Å². The highest BCUT2D eigenvalue weighted by atomic mass is 32.2. The number of ether oxygens (including phenoxy) is 1. The maximum absolute atomic E-state index is 13.3. The van der Waals surface area contributed by atoms with Crippen molar-refractivity contribution in [1.82, 2.24) is 0 Å². The van der Waals surface area contributed by atoms with Crippen molar-refractivity contribution in [2.75, 3.05) is 12.9 Å². The van der Waals surface area contributed by atoms with Gasteiger partial charge in [0.2, 0.25) is 0 Å². The minimum absolute atomic E-state index is 0.0173. The summed E-state index contributed by atoms with van der Waals surface area (Å²) in [5.74, 6) is 0.247. The number of carbonyl (C=O) groups is 1. The van der Waals surface area contributed by atoms with Gasteiger partial charge in [-0.1, -0.05) is 0 Å². The SMILES string of the molecule is COC(=O)CC1(CSc2cc(F)cc(CO)c2)CC1. The Morgan fingerprint density at radius 3 is 2.79 bits per heavy atom. The third kappa shape index (κ3) is 3.94. The van der Waals surface area contributed by atoms with Crippen molar-refractivity contribution >= 4 is 17.7 Å². The van der Waals surface area contributed by atoms with E-state index < -0.39 is 0 Å². The predicted octanol–water partition coefficient (Wildman–Crippen LogP) is 2.75. The lowest BCUT2D eigenvalue weighted by Gasteiger charge is -2.13. The molecule has 1 N–H and O–H groups in total. The zero-order valence-electron chi connectivity index (χ0n) is 10.8. The summed E-state index contributed by atoms with van der Waals surface area (Å²) in [7, 11) is 1.39. The van der Waals surface area contributed by atoms with E-state index in [9.17, 15) is 9.18 Å². The molecule has 0 heterocycles. The van der Waals surface area contributed by atoms with Gasteiger partial charge >= 0.3 is 5.97 Å². The molecule has 0 spiro atoms. The zero-order chi connectivity index (χ0) is 13.9. The highest BCUT2D eigenvalue weighted by Crippen LogP contribution is 2.52. The molecule has 1 fully saturated rings. The molecule has 0 aromatic heterocycles. The lowest BCUT2D eigenvalue weighted by molar-refractivity contribution is -0.141. The van der Waals surface area contributed by atoms with Gasteiger partial charge in [0.15, 0.2) is 0 Å². The Morgan fingerprint density at radius 2 is 2.21 bits per heavy atom. The summed E-state index contributed by atoms with van der Waals surface area (Å²) in [5, 5.41) is 9.04. The smallest absolute Gasteiger partial charge is 0.306 e. The van der Waals surface area contributed by atoms with Crippen LogP contribution in [0.3, 0.4) is 0 Å². The van der Waals surface area contributed by atoms with Gasteiger partial charge in [-0.15, -0.1) is 11.8 Å². The molecular weight excluding hydrogens is 267 g/mol. The molecule has 1 saturated carbocycles.